The van der Waals surface area contributed by atoms with E-state index in [2.05, 4.69) is 15.0 Å². The van der Waals surface area contributed by atoms with Crippen LogP contribution >= 0.6 is 0 Å². The molecule has 1 aromatic rings. The van der Waals surface area contributed by atoms with Crippen LogP contribution in [0.1, 0.15) is 28.7 Å². The Hall–Kier alpha value is -1.87. The van der Waals surface area contributed by atoms with Crippen molar-refractivity contribution >= 4 is 21.9 Å². The lowest BCUT2D eigenvalue weighted by atomic mass is 10.2. The molecule has 0 aliphatic heterocycles. The Balaban J connectivity index is 3.13. The van der Waals surface area contributed by atoms with Crippen LogP contribution in [-0.2, 0) is 19.6 Å². The second-order valence-corrected chi connectivity index (χ2v) is 6.00. The number of likely N-dealkylation sites (N-methyl/N-ethyl adjacent to an activating group) is 1. The van der Waals surface area contributed by atoms with Crippen LogP contribution in [-0.4, -0.2) is 45.5 Å². The first-order valence-corrected chi connectivity index (χ1v) is 7.79. The maximum atomic E-state index is 12.2. The largest absolute Gasteiger partial charge is 0.461 e. The summed E-state index contributed by atoms with van der Waals surface area (Å²) < 4.78 is 31.5. The van der Waals surface area contributed by atoms with E-state index in [1.54, 1.807) is 6.92 Å². The predicted octanol–water partition coefficient (Wildman–Crippen LogP) is -0.167. The van der Waals surface area contributed by atoms with Gasteiger partial charge in [-0.25, -0.2) is 17.9 Å². The minimum absolute atomic E-state index is 0.0468. The van der Waals surface area contributed by atoms with Gasteiger partial charge in [-0.2, -0.15) is 0 Å². The van der Waals surface area contributed by atoms with Crippen LogP contribution in [0.15, 0.2) is 4.90 Å². The van der Waals surface area contributed by atoms with E-state index in [1.165, 1.54) is 20.9 Å². The summed E-state index contributed by atoms with van der Waals surface area (Å²) in [6.07, 6.45) is 0. The van der Waals surface area contributed by atoms with Gasteiger partial charge in [0.1, 0.15) is 10.6 Å². The first kappa shape index (κ1) is 17.2. The van der Waals surface area contributed by atoms with Gasteiger partial charge in [-0.3, -0.25) is 4.79 Å². The van der Waals surface area contributed by atoms with Gasteiger partial charge in [0.2, 0.25) is 15.9 Å². The molecule has 0 unspecified atom stereocenters. The Bertz CT molecular complexity index is 648. The number of esters is 1. The summed E-state index contributed by atoms with van der Waals surface area (Å²) in [6, 6.07) is 0. The van der Waals surface area contributed by atoms with Crippen LogP contribution in [0, 0.1) is 13.8 Å². The van der Waals surface area contributed by atoms with Crippen LogP contribution in [0.25, 0.3) is 0 Å². The lowest BCUT2D eigenvalue weighted by Gasteiger charge is -2.07. The van der Waals surface area contributed by atoms with Gasteiger partial charge in [0.15, 0.2) is 0 Å². The molecule has 0 fully saturated rings. The van der Waals surface area contributed by atoms with Crippen LogP contribution in [0.3, 0.4) is 0 Å². The Morgan fingerprint density at radius 3 is 2.43 bits per heavy atom. The van der Waals surface area contributed by atoms with Gasteiger partial charge in [0, 0.05) is 18.3 Å². The quantitative estimate of drug-likeness (QED) is 0.630. The van der Waals surface area contributed by atoms with Crippen molar-refractivity contribution in [2.45, 2.75) is 25.7 Å². The summed E-state index contributed by atoms with van der Waals surface area (Å²) in [4.78, 5) is 25.5. The third kappa shape index (κ3) is 3.82. The van der Waals surface area contributed by atoms with Gasteiger partial charge in [0.25, 0.3) is 0 Å². The molecule has 118 valence electrons. The fraction of sp³-hybridized carbons (Fsp3) is 0.500. The number of sulfonamides is 1. The Labute approximate surface area is 123 Å². The summed E-state index contributed by atoms with van der Waals surface area (Å²) >= 11 is 0. The molecule has 1 aromatic heterocycles. The minimum Gasteiger partial charge on any atom is -0.461 e. The summed E-state index contributed by atoms with van der Waals surface area (Å²) in [5.74, 6) is -1.08. The second-order valence-electron chi connectivity index (χ2n) is 4.30. The smallest absolute Gasteiger partial charge is 0.355 e. The van der Waals surface area contributed by atoms with E-state index in [0.29, 0.717) is 5.69 Å². The van der Waals surface area contributed by atoms with E-state index < -0.39 is 21.9 Å². The number of ether oxygens (including phenoxy) is 1. The van der Waals surface area contributed by atoms with Crippen molar-refractivity contribution < 1.29 is 22.7 Å². The van der Waals surface area contributed by atoms with Gasteiger partial charge < -0.3 is 15.0 Å². The number of aromatic nitrogens is 1. The normalized spacial score (nSPS) is 11.2. The van der Waals surface area contributed by atoms with Gasteiger partial charge in [0.05, 0.1) is 13.2 Å². The highest BCUT2D eigenvalue weighted by Gasteiger charge is 2.27. The van der Waals surface area contributed by atoms with Crippen molar-refractivity contribution in [2.24, 2.45) is 0 Å². The van der Waals surface area contributed by atoms with Crippen molar-refractivity contribution in [3.05, 3.63) is 17.0 Å². The number of carbonyl (C=O) groups excluding carboxylic acids is 2. The molecule has 3 N–H and O–H groups in total. The molecule has 1 amide bonds. The van der Waals surface area contributed by atoms with E-state index in [1.807, 2.05) is 0 Å². The van der Waals surface area contributed by atoms with Crippen molar-refractivity contribution in [1.29, 1.82) is 0 Å². The van der Waals surface area contributed by atoms with Gasteiger partial charge in [-0.15, -0.1) is 0 Å². The molecule has 0 saturated carbocycles. The third-order valence-electron chi connectivity index (χ3n) is 2.82. The fourth-order valence-electron chi connectivity index (χ4n) is 1.86. The third-order valence-corrected chi connectivity index (χ3v) is 4.49. The molecule has 1 rings (SSSR count). The maximum absolute atomic E-state index is 12.2. The summed E-state index contributed by atoms with van der Waals surface area (Å²) in [6.45, 7) is 4.50. The van der Waals surface area contributed by atoms with E-state index >= 15 is 0 Å². The number of hydrogen-bond acceptors (Lipinski definition) is 5. The SMILES string of the molecule is CCOC(=O)c1[nH]c(C)c(S(=O)(=O)NCC(=O)NC)c1C. The van der Waals surface area contributed by atoms with Crippen molar-refractivity contribution in [3.8, 4) is 0 Å². The molecule has 8 nitrogen and oxygen atoms in total. The van der Waals surface area contributed by atoms with Crippen LogP contribution in [0.4, 0.5) is 0 Å². The van der Waals surface area contributed by atoms with Crippen LogP contribution in [0.5, 0.6) is 0 Å². The molecule has 0 radical (unpaired) electrons. The van der Waals surface area contributed by atoms with Gasteiger partial charge in [-0.05, 0) is 20.8 Å². The summed E-state index contributed by atoms with van der Waals surface area (Å²) in [7, 11) is -2.50. The Kier molecular flexibility index (Phi) is 5.50. The number of aryl methyl sites for hydroxylation is 1. The number of hydrogen-bond donors (Lipinski definition) is 3. The van der Waals surface area contributed by atoms with E-state index in [0.717, 1.165) is 0 Å². The lowest BCUT2D eigenvalue weighted by molar-refractivity contribution is -0.119. The molecular weight excluding hydrogens is 298 g/mol. The van der Waals surface area contributed by atoms with Crippen LogP contribution < -0.4 is 10.0 Å². The standard InChI is InChI=1S/C12H19N3O5S/c1-5-20-12(17)10-7(2)11(8(3)15-10)21(18,19)14-6-9(16)13-4/h14-15H,5-6H2,1-4H3,(H,13,16). The lowest BCUT2D eigenvalue weighted by Crippen LogP contribution is -2.35. The van der Waals surface area contributed by atoms with E-state index in [9.17, 15) is 18.0 Å². The summed E-state index contributed by atoms with van der Waals surface area (Å²) in [5.41, 5.74) is 0.657. The highest BCUT2D eigenvalue weighted by molar-refractivity contribution is 7.89. The monoisotopic (exact) mass is 317 g/mol. The first-order chi connectivity index (χ1) is 9.74. The Morgan fingerprint density at radius 1 is 1.29 bits per heavy atom. The molecule has 0 atom stereocenters. The Morgan fingerprint density at radius 2 is 1.90 bits per heavy atom. The van der Waals surface area contributed by atoms with E-state index in [-0.39, 0.29) is 29.3 Å². The zero-order valence-electron chi connectivity index (χ0n) is 12.4. The highest BCUT2D eigenvalue weighted by atomic mass is 32.2. The number of aromatic amines is 1. The number of carbonyl (C=O) groups is 2. The highest BCUT2D eigenvalue weighted by Crippen LogP contribution is 2.23. The molecule has 0 saturated heterocycles. The maximum Gasteiger partial charge on any atom is 0.355 e. The molecule has 1 heterocycles. The van der Waals surface area contributed by atoms with Crippen molar-refractivity contribution in [3.63, 3.8) is 0 Å². The number of nitrogens with one attached hydrogen (secondary N) is 3. The molecule has 0 aromatic carbocycles. The molecule has 0 aliphatic rings. The average Bonchev–Trinajstić information content (AvgIpc) is 2.72. The minimum atomic E-state index is -3.90. The van der Waals surface area contributed by atoms with Gasteiger partial charge >= 0.3 is 5.97 Å². The molecule has 9 heteroatoms. The van der Waals surface area contributed by atoms with Gasteiger partial charge in [-0.1, -0.05) is 0 Å². The molecular formula is C12H19N3O5S. The average molecular weight is 317 g/mol. The van der Waals surface area contributed by atoms with Crippen molar-refractivity contribution in [1.82, 2.24) is 15.0 Å². The zero-order chi connectivity index (χ0) is 16.2. The number of H-pyrrole nitrogens is 1. The second kappa shape index (κ2) is 6.72. The van der Waals surface area contributed by atoms with E-state index in [4.69, 9.17) is 4.74 Å². The molecule has 0 spiro atoms. The molecule has 0 aliphatic carbocycles. The zero-order valence-corrected chi connectivity index (χ0v) is 13.2. The summed E-state index contributed by atoms with van der Waals surface area (Å²) in [5, 5.41) is 2.31. The first-order valence-electron chi connectivity index (χ1n) is 6.31. The molecule has 0 bridgehead atoms. The molecule has 21 heavy (non-hydrogen) atoms. The van der Waals surface area contributed by atoms with Crippen LogP contribution in [0.2, 0.25) is 0 Å². The number of amides is 1. The number of rotatable bonds is 6. The predicted molar refractivity (Wildman–Crippen MR) is 75.5 cm³/mol. The van der Waals surface area contributed by atoms with Crippen molar-refractivity contribution in [2.75, 3.05) is 20.2 Å². The fourth-order valence-corrected chi connectivity index (χ4v) is 3.29. The topological polar surface area (TPSA) is 117 Å².